The summed E-state index contributed by atoms with van der Waals surface area (Å²) in [4.78, 5) is 11.3. The fraction of sp³-hybridized carbons (Fsp3) is 0.917. The maximum absolute atomic E-state index is 11.3. The molecule has 0 unspecified atom stereocenters. The SMILES string of the molecule is CCOCCNC(=O)CCCCCOCCO. The van der Waals surface area contributed by atoms with Crippen LogP contribution in [0.4, 0.5) is 0 Å². The van der Waals surface area contributed by atoms with E-state index >= 15 is 0 Å². The normalized spacial score (nSPS) is 10.5. The molecule has 17 heavy (non-hydrogen) atoms. The minimum absolute atomic E-state index is 0.0717. The van der Waals surface area contributed by atoms with Gasteiger partial charge in [0.25, 0.3) is 0 Å². The molecule has 0 bridgehead atoms. The molecule has 0 saturated carbocycles. The number of amides is 1. The molecule has 0 aliphatic carbocycles. The van der Waals surface area contributed by atoms with Gasteiger partial charge in [-0.2, -0.15) is 0 Å². The molecule has 5 nitrogen and oxygen atoms in total. The maximum atomic E-state index is 11.3. The third kappa shape index (κ3) is 13.3. The Hall–Kier alpha value is -0.650. The van der Waals surface area contributed by atoms with Gasteiger partial charge in [0.1, 0.15) is 0 Å². The Labute approximate surface area is 103 Å². The monoisotopic (exact) mass is 247 g/mol. The predicted octanol–water partition coefficient (Wildman–Crippen LogP) is 0.708. The van der Waals surface area contributed by atoms with Gasteiger partial charge in [-0.25, -0.2) is 0 Å². The quantitative estimate of drug-likeness (QED) is 0.498. The molecule has 0 aromatic rings. The summed E-state index contributed by atoms with van der Waals surface area (Å²) in [6.07, 6.45) is 3.35. The van der Waals surface area contributed by atoms with Gasteiger partial charge in [-0.3, -0.25) is 4.79 Å². The second kappa shape index (κ2) is 13.4. The van der Waals surface area contributed by atoms with Crippen LogP contribution in [0.15, 0.2) is 0 Å². The average molecular weight is 247 g/mol. The first-order chi connectivity index (χ1) is 8.31. The number of carbonyl (C=O) groups excluding carboxylic acids is 1. The largest absolute Gasteiger partial charge is 0.394 e. The van der Waals surface area contributed by atoms with Crippen LogP contribution >= 0.6 is 0 Å². The van der Waals surface area contributed by atoms with Crippen molar-refractivity contribution >= 4 is 5.91 Å². The zero-order valence-corrected chi connectivity index (χ0v) is 10.7. The molecule has 0 aliphatic rings. The Kier molecular flexibility index (Phi) is 12.9. The van der Waals surface area contributed by atoms with E-state index in [2.05, 4.69) is 5.32 Å². The van der Waals surface area contributed by atoms with Crippen LogP contribution in [0.3, 0.4) is 0 Å². The van der Waals surface area contributed by atoms with Crippen molar-refractivity contribution in [3.63, 3.8) is 0 Å². The Morgan fingerprint density at radius 1 is 1.12 bits per heavy atom. The number of hydrogen-bond donors (Lipinski definition) is 2. The fourth-order valence-corrected chi connectivity index (χ4v) is 1.33. The highest BCUT2D eigenvalue weighted by molar-refractivity contribution is 5.75. The van der Waals surface area contributed by atoms with Crippen molar-refractivity contribution in [3.8, 4) is 0 Å². The Balaban J connectivity index is 3.11. The van der Waals surface area contributed by atoms with E-state index in [0.29, 0.717) is 39.4 Å². The minimum atomic E-state index is 0.0717. The molecule has 0 heterocycles. The van der Waals surface area contributed by atoms with Gasteiger partial charge in [-0.1, -0.05) is 6.42 Å². The van der Waals surface area contributed by atoms with Crippen LogP contribution in [0.25, 0.3) is 0 Å². The average Bonchev–Trinajstić information content (AvgIpc) is 2.33. The van der Waals surface area contributed by atoms with Crippen molar-refractivity contribution in [2.24, 2.45) is 0 Å². The standard InChI is InChI=1S/C12H25NO4/c1-2-16-10-7-13-12(15)6-4-3-5-9-17-11-8-14/h14H,2-11H2,1H3,(H,13,15). The van der Waals surface area contributed by atoms with E-state index in [1.807, 2.05) is 6.92 Å². The van der Waals surface area contributed by atoms with E-state index in [-0.39, 0.29) is 12.5 Å². The topological polar surface area (TPSA) is 67.8 Å². The van der Waals surface area contributed by atoms with Gasteiger partial charge in [0.2, 0.25) is 5.91 Å². The lowest BCUT2D eigenvalue weighted by Crippen LogP contribution is -2.26. The summed E-state index contributed by atoms with van der Waals surface area (Å²) < 4.78 is 10.2. The van der Waals surface area contributed by atoms with Gasteiger partial charge >= 0.3 is 0 Å². The predicted molar refractivity (Wildman–Crippen MR) is 65.9 cm³/mol. The summed E-state index contributed by atoms with van der Waals surface area (Å²) in [6, 6.07) is 0. The van der Waals surface area contributed by atoms with E-state index in [9.17, 15) is 4.79 Å². The molecule has 1 amide bonds. The number of hydrogen-bond acceptors (Lipinski definition) is 4. The van der Waals surface area contributed by atoms with Crippen LogP contribution in [0.5, 0.6) is 0 Å². The number of unbranched alkanes of at least 4 members (excludes halogenated alkanes) is 2. The number of rotatable bonds is 12. The van der Waals surface area contributed by atoms with Crippen molar-refractivity contribution in [3.05, 3.63) is 0 Å². The highest BCUT2D eigenvalue weighted by Crippen LogP contribution is 1.99. The third-order valence-electron chi connectivity index (χ3n) is 2.20. The Morgan fingerprint density at radius 3 is 2.65 bits per heavy atom. The van der Waals surface area contributed by atoms with Crippen LogP contribution in [0.1, 0.15) is 32.6 Å². The van der Waals surface area contributed by atoms with Gasteiger partial charge in [-0.15, -0.1) is 0 Å². The first-order valence-electron chi connectivity index (χ1n) is 6.34. The van der Waals surface area contributed by atoms with Gasteiger partial charge in [0.05, 0.1) is 19.8 Å². The highest BCUT2D eigenvalue weighted by Gasteiger charge is 1.99. The molecule has 102 valence electrons. The third-order valence-corrected chi connectivity index (χ3v) is 2.20. The lowest BCUT2D eigenvalue weighted by atomic mass is 10.2. The molecule has 0 radical (unpaired) electrons. The Morgan fingerprint density at radius 2 is 1.94 bits per heavy atom. The fourth-order valence-electron chi connectivity index (χ4n) is 1.33. The van der Waals surface area contributed by atoms with Crippen molar-refractivity contribution < 1.29 is 19.4 Å². The van der Waals surface area contributed by atoms with Gasteiger partial charge < -0.3 is 19.9 Å². The molecule has 0 atom stereocenters. The van der Waals surface area contributed by atoms with E-state index < -0.39 is 0 Å². The molecule has 0 aromatic heterocycles. The second-order valence-corrected chi connectivity index (χ2v) is 3.69. The number of nitrogens with one attached hydrogen (secondary N) is 1. The molecular formula is C12H25NO4. The summed E-state index contributed by atoms with van der Waals surface area (Å²) in [6.45, 7) is 4.92. The first kappa shape index (κ1) is 16.4. The smallest absolute Gasteiger partial charge is 0.220 e. The minimum Gasteiger partial charge on any atom is -0.394 e. The zero-order valence-electron chi connectivity index (χ0n) is 10.7. The van der Waals surface area contributed by atoms with Crippen LogP contribution in [0.2, 0.25) is 0 Å². The molecule has 0 aromatic carbocycles. The molecule has 0 fully saturated rings. The van der Waals surface area contributed by atoms with Crippen LogP contribution in [-0.2, 0) is 14.3 Å². The van der Waals surface area contributed by atoms with Crippen molar-refractivity contribution in [2.75, 3.05) is 39.6 Å². The number of aliphatic hydroxyl groups excluding tert-OH is 1. The molecule has 5 heteroatoms. The number of carbonyl (C=O) groups is 1. The lowest BCUT2D eigenvalue weighted by Gasteiger charge is -2.05. The number of aliphatic hydroxyl groups is 1. The van der Waals surface area contributed by atoms with Crippen LogP contribution in [-0.4, -0.2) is 50.6 Å². The van der Waals surface area contributed by atoms with E-state index in [1.54, 1.807) is 0 Å². The first-order valence-corrected chi connectivity index (χ1v) is 6.34. The van der Waals surface area contributed by atoms with Crippen molar-refractivity contribution in [1.82, 2.24) is 5.32 Å². The van der Waals surface area contributed by atoms with E-state index in [0.717, 1.165) is 19.3 Å². The summed E-state index contributed by atoms with van der Waals surface area (Å²) in [5.74, 6) is 0.0842. The highest BCUT2D eigenvalue weighted by atomic mass is 16.5. The lowest BCUT2D eigenvalue weighted by molar-refractivity contribution is -0.121. The van der Waals surface area contributed by atoms with Gasteiger partial charge in [0.15, 0.2) is 0 Å². The van der Waals surface area contributed by atoms with E-state index in [4.69, 9.17) is 14.6 Å². The van der Waals surface area contributed by atoms with Crippen LogP contribution < -0.4 is 5.32 Å². The van der Waals surface area contributed by atoms with Crippen molar-refractivity contribution in [1.29, 1.82) is 0 Å². The molecule has 2 N–H and O–H groups in total. The zero-order chi connectivity index (χ0) is 12.8. The van der Waals surface area contributed by atoms with Crippen molar-refractivity contribution in [2.45, 2.75) is 32.6 Å². The Bertz CT molecular complexity index is 176. The molecule has 0 saturated heterocycles. The molecular weight excluding hydrogens is 222 g/mol. The van der Waals surface area contributed by atoms with Gasteiger partial charge in [0, 0.05) is 26.2 Å². The summed E-state index contributed by atoms with van der Waals surface area (Å²) in [5.41, 5.74) is 0. The summed E-state index contributed by atoms with van der Waals surface area (Å²) >= 11 is 0. The molecule has 0 aliphatic heterocycles. The molecule has 0 spiro atoms. The maximum Gasteiger partial charge on any atom is 0.220 e. The van der Waals surface area contributed by atoms with Gasteiger partial charge in [-0.05, 0) is 19.8 Å². The summed E-state index contributed by atoms with van der Waals surface area (Å²) in [7, 11) is 0. The second-order valence-electron chi connectivity index (χ2n) is 3.69. The van der Waals surface area contributed by atoms with Crippen LogP contribution in [0, 0.1) is 0 Å². The van der Waals surface area contributed by atoms with E-state index in [1.165, 1.54) is 0 Å². The number of ether oxygens (including phenoxy) is 2. The molecule has 0 rings (SSSR count). The summed E-state index contributed by atoms with van der Waals surface area (Å²) in [5, 5.41) is 11.3.